The molecule has 0 heterocycles. The number of aryl methyl sites for hydroxylation is 1. The predicted molar refractivity (Wildman–Crippen MR) is 109 cm³/mol. The van der Waals surface area contributed by atoms with Crippen LogP contribution in [0.3, 0.4) is 0 Å². The summed E-state index contributed by atoms with van der Waals surface area (Å²) in [6.07, 6.45) is 11.6. The number of benzene rings is 2. The first-order valence-corrected chi connectivity index (χ1v) is 10.6. The second kappa shape index (κ2) is 6.51. The molecule has 2 nitrogen and oxygen atoms in total. The van der Waals surface area contributed by atoms with Gasteiger partial charge in [0.05, 0.1) is 0 Å². The maximum Gasteiger partial charge on any atom is 0.248 e. The van der Waals surface area contributed by atoms with Crippen molar-refractivity contribution in [3.05, 3.63) is 59.7 Å². The Balaban J connectivity index is 1.27. The van der Waals surface area contributed by atoms with Crippen LogP contribution < -0.4 is 5.73 Å². The van der Waals surface area contributed by atoms with Crippen LogP contribution >= 0.6 is 0 Å². The Hall–Kier alpha value is -2.09. The fourth-order valence-electron chi connectivity index (χ4n) is 6.72. The summed E-state index contributed by atoms with van der Waals surface area (Å²) >= 11 is 0. The smallest absolute Gasteiger partial charge is 0.248 e. The lowest BCUT2D eigenvalue weighted by atomic mass is 9.48. The molecule has 4 aliphatic rings. The van der Waals surface area contributed by atoms with Crippen LogP contribution in [0.2, 0.25) is 0 Å². The van der Waals surface area contributed by atoms with E-state index in [-0.39, 0.29) is 5.91 Å². The summed E-state index contributed by atoms with van der Waals surface area (Å²) in [7, 11) is 0. The number of hydrogen-bond donors (Lipinski definition) is 1. The molecular weight excluding hydrogens is 330 g/mol. The van der Waals surface area contributed by atoms with Crippen molar-refractivity contribution in [2.24, 2.45) is 28.9 Å². The number of carbonyl (C=O) groups excluding carboxylic acids is 1. The van der Waals surface area contributed by atoms with E-state index in [4.69, 9.17) is 5.73 Å². The van der Waals surface area contributed by atoms with Gasteiger partial charge in [0.1, 0.15) is 0 Å². The standard InChI is InChI=1S/C25H29NO/c26-24(27)23-3-1-2-22(13-23)21-6-4-17(5-7-21)8-9-25-14-18-10-19(15-25)12-20(11-18)16-25/h1-7,13,18-20H,8-12,14-16H2,(H2,26,27). The molecule has 0 unspecified atom stereocenters. The Labute approximate surface area is 162 Å². The van der Waals surface area contributed by atoms with Crippen molar-refractivity contribution in [1.82, 2.24) is 0 Å². The van der Waals surface area contributed by atoms with E-state index < -0.39 is 0 Å². The maximum absolute atomic E-state index is 11.4. The average molecular weight is 360 g/mol. The molecule has 0 aliphatic heterocycles. The summed E-state index contributed by atoms with van der Waals surface area (Å²) in [6, 6.07) is 16.5. The van der Waals surface area contributed by atoms with Crippen LogP contribution in [-0.2, 0) is 6.42 Å². The molecular formula is C25H29NO. The topological polar surface area (TPSA) is 43.1 Å². The Morgan fingerprint density at radius 1 is 0.889 bits per heavy atom. The van der Waals surface area contributed by atoms with Crippen LogP contribution in [0, 0.1) is 23.2 Å². The van der Waals surface area contributed by atoms with Gasteiger partial charge in [-0.25, -0.2) is 0 Å². The normalized spacial score (nSPS) is 31.2. The molecule has 2 aromatic rings. The third-order valence-corrected chi connectivity index (χ3v) is 7.54. The van der Waals surface area contributed by atoms with E-state index in [1.165, 1.54) is 56.9 Å². The second-order valence-electron chi connectivity index (χ2n) is 9.56. The van der Waals surface area contributed by atoms with Crippen LogP contribution in [0.25, 0.3) is 11.1 Å². The predicted octanol–water partition coefficient (Wildman–Crippen LogP) is 5.60. The SMILES string of the molecule is NC(=O)c1cccc(-c2ccc(CCC34CC5CC(CC(C5)C3)C4)cc2)c1. The van der Waals surface area contributed by atoms with Crippen molar-refractivity contribution in [3.63, 3.8) is 0 Å². The molecule has 0 saturated heterocycles. The van der Waals surface area contributed by atoms with Crippen molar-refractivity contribution >= 4 is 5.91 Å². The zero-order valence-corrected chi connectivity index (χ0v) is 16.0. The van der Waals surface area contributed by atoms with Crippen molar-refractivity contribution in [2.45, 2.75) is 51.4 Å². The van der Waals surface area contributed by atoms with Gasteiger partial charge in [-0.3, -0.25) is 4.79 Å². The van der Waals surface area contributed by atoms with Crippen LogP contribution in [0.15, 0.2) is 48.5 Å². The first kappa shape index (κ1) is 17.0. The van der Waals surface area contributed by atoms with Crippen LogP contribution in [-0.4, -0.2) is 5.91 Å². The first-order valence-electron chi connectivity index (χ1n) is 10.6. The highest BCUT2D eigenvalue weighted by molar-refractivity contribution is 5.94. The van der Waals surface area contributed by atoms with Crippen molar-refractivity contribution in [2.75, 3.05) is 0 Å². The zero-order valence-electron chi connectivity index (χ0n) is 16.0. The lowest BCUT2D eigenvalue weighted by molar-refractivity contribution is -0.0569. The fraction of sp³-hybridized carbons (Fsp3) is 0.480. The van der Waals surface area contributed by atoms with Gasteiger partial charge < -0.3 is 5.73 Å². The van der Waals surface area contributed by atoms with E-state index >= 15 is 0 Å². The molecule has 0 atom stereocenters. The van der Waals surface area contributed by atoms with E-state index in [2.05, 4.69) is 24.3 Å². The number of hydrogen-bond acceptors (Lipinski definition) is 1. The quantitative estimate of drug-likeness (QED) is 0.742. The highest BCUT2D eigenvalue weighted by atomic mass is 16.1. The Morgan fingerprint density at radius 3 is 2.11 bits per heavy atom. The molecule has 2 heteroatoms. The largest absolute Gasteiger partial charge is 0.366 e. The molecule has 27 heavy (non-hydrogen) atoms. The summed E-state index contributed by atoms with van der Waals surface area (Å²) < 4.78 is 0. The van der Waals surface area contributed by atoms with E-state index in [1.54, 1.807) is 6.07 Å². The third-order valence-electron chi connectivity index (χ3n) is 7.54. The lowest BCUT2D eigenvalue weighted by Crippen LogP contribution is -2.46. The average Bonchev–Trinajstić information content (AvgIpc) is 2.66. The maximum atomic E-state index is 11.4. The number of amides is 1. The van der Waals surface area contributed by atoms with Crippen molar-refractivity contribution in [3.8, 4) is 11.1 Å². The zero-order chi connectivity index (χ0) is 18.4. The second-order valence-corrected chi connectivity index (χ2v) is 9.56. The molecule has 2 N–H and O–H groups in total. The van der Waals surface area contributed by atoms with Gasteiger partial charge in [0.25, 0.3) is 0 Å². The summed E-state index contributed by atoms with van der Waals surface area (Å²) in [5.74, 6) is 2.74. The van der Waals surface area contributed by atoms with Crippen molar-refractivity contribution in [1.29, 1.82) is 0 Å². The fourth-order valence-corrected chi connectivity index (χ4v) is 6.72. The van der Waals surface area contributed by atoms with Crippen LogP contribution in [0.5, 0.6) is 0 Å². The highest BCUT2D eigenvalue weighted by Gasteiger charge is 2.50. The van der Waals surface area contributed by atoms with Gasteiger partial charge in [-0.1, -0.05) is 36.4 Å². The molecule has 2 aromatic carbocycles. The lowest BCUT2D eigenvalue weighted by Gasteiger charge is -2.57. The van der Waals surface area contributed by atoms with Gasteiger partial charge in [0.15, 0.2) is 0 Å². The van der Waals surface area contributed by atoms with Gasteiger partial charge in [-0.15, -0.1) is 0 Å². The van der Waals surface area contributed by atoms with E-state index in [0.717, 1.165) is 28.9 Å². The van der Waals surface area contributed by atoms with Gasteiger partial charge >= 0.3 is 0 Å². The number of primary amides is 1. The molecule has 140 valence electrons. The third kappa shape index (κ3) is 3.31. The molecule has 0 radical (unpaired) electrons. The van der Waals surface area contributed by atoms with E-state index in [1.807, 2.05) is 18.2 Å². The van der Waals surface area contributed by atoms with Crippen LogP contribution in [0.4, 0.5) is 0 Å². The number of nitrogens with two attached hydrogens (primary N) is 1. The molecule has 0 spiro atoms. The molecule has 4 aliphatic carbocycles. The number of rotatable bonds is 5. The highest BCUT2D eigenvalue weighted by Crippen LogP contribution is 2.61. The van der Waals surface area contributed by atoms with Gasteiger partial charge in [-0.05, 0) is 103 Å². The van der Waals surface area contributed by atoms with Gasteiger partial charge in [0, 0.05) is 5.56 Å². The molecule has 1 amide bonds. The molecule has 4 saturated carbocycles. The minimum atomic E-state index is -0.371. The van der Waals surface area contributed by atoms with E-state index in [9.17, 15) is 4.79 Å². The van der Waals surface area contributed by atoms with Gasteiger partial charge in [-0.2, -0.15) is 0 Å². The summed E-state index contributed by atoms with van der Waals surface area (Å²) in [6.45, 7) is 0. The molecule has 4 fully saturated rings. The Kier molecular flexibility index (Phi) is 4.11. The Morgan fingerprint density at radius 2 is 1.52 bits per heavy atom. The summed E-state index contributed by atoms with van der Waals surface area (Å²) in [4.78, 5) is 11.4. The monoisotopic (exact) mass is 359 g/mol. The first-order chi connectivity index (χ1) is 13.1. The minimum absolute atomic E-state index is 0.371. The van der Waals surface area contributed by atoms with Gasteiger partial charge in [0.2, 0.25) is 5.91 Å². The molecule has 6 rings (SSSR count). The molecule has 4 bridgehead atoms. The van der Waals surface area contributed by atoms with Crippen molar-refractivity contribution < 1.29 is 4.79 Å². The van der Waals surface area contributed by atoms with Crippen LogP contribution in [0.1, 0.15) is 60.9 Å². The molecule has 0 aromatic heterocycles. The minimum Gasteiger partial charge on any atom is -0.366 e. The Bertz CT molecular complexity index is 816. The summed E-state index contributed by atoms with van der Waals surface area (Å²) in [5, 5.41) is 0. The number of carbonyl (C=O) groups is 1. The summed E-state index contributed by atoms with van der Waals surface area (Å²) in [5.41, 5.74) is 10.3. The van der Waals surface area contributed by atoms with E-state index in [0.29, 0.717) is 11.0 Å².